The van der Waals surface area contributed by atoms with E-state index in [1.165, 1.54) is 0 Å². The summed E-state index contributed by atoms with van der Waals surface area (Å²) >= 11 is 0. The maximum Gasteiger partial charge on any atom is 0.303 e. The number of carboxylic acid groups (broad SMARTS) is 1. The van der Waals surface area contributed by atoms with Crippen molar-refractivity contribution < 1.29 is 14.7 Å². The SMILES string of the molecule is CC(C)CC1(C(=O)NCCC(C)CCC(=O)O)CCCC1. The number of hydrogen-bond donors (Lipinski definition) is 2. The van der Waals surface area contributed by atoms with Crippen LogP contribution in [0, 0.1) is 17.3 Å². The molecule has 0 aromatic rings. The monoisotopic (exact) mass is 297 g/mol. The van der Waals surface area contributed by atoms with Gasteiger partial charge in [0.15, 0.2) is 0 Å². The van der Waals surface area contributed by atoms with Crippen LogP contribution < -0.4 is 5.32 Å². The number of nitrogens with one attached hydrogen (secondary N) is 1. The topological polar surface area (TPSA) is 66.4 Å². The zero-order chi connectivity index (χ0) is 15.9. The largest absolute Gasteiger partial charge is 0.481 e. The van der Waals surface area contributed by atoms with Crippen LogP contribution in [-0.2, 0) is 9.59 Å². The average molecular weight is 297 g/mol. The Labute approximate surface area is 128 Å². The van der Waals surface area contributed by atoms with Crippen LogP contribution in [0.1, 0.15) is 72.1 Å². The fourth-order valence-electron chi connectivity index (χ4n) is 3.49. The van der Waals surface area contributed by atoms with Crippen LogP contribution in [0.4, 0.5) is 0 Å². The van der Waals surface area contributed by atoms with Crippen molar-refractivity contribution in [2.75, 3.05) is 6.54 Å². The molecule has 0 saturated heterocycles. The van der Waals surface area contributed by atoms with Gasteiger partial charge in [0.25, 0.3) is 0 Å². The Bertz CT molecular complexity index is 346. The van der Waals surface area contributed by atoms with Crippen LogP contribution in [0.3, 0.4) is 0 Å². The number of amides is 1. The summed E-state index contributed by atoms with van der Waals surface area (Å²) in [5, 5.41) is 11.8. The molecule has 0 radical (unpaired) electrons. The molecule has 1 aliphatic carbocycles. The van der Waals surface area contributed by atoms with Gasteiger partial charge in [0.05, 0.1) is 0 Å². The van der Waals surface area contributed by atoms with Gasteiger partial charge in [-0.15, -0.1) is 0 Å². The van der Waals surface area contributed by atoms with Gasteiger partial charge >= 0.3 is 5.97 Å². The van der Waals surface area contributed by atoms with Gasteiger partial charge in [0, 0.05) is 18.4 Å². The number of hydrogen-bond acceptors (Lipinski definition) is 2. The first-order valence-corrected chi connectivity index (χ1v) is 8.36. The summed E-state index contributed by atoms with van der Waals surface area (Å²) in [7, 11) is 0. The first-order chi connectivity index (χ1) is 9.85. The van der Waals surface area contributed by atoms with Crippen LogP contribution in [0.2, 0.25) is 0 Å². The highest BCUT2D eigenvalue weighted by molar-refractivity contribution is 5.82. The molecule has 0 aromatic carbocycles. The third kappa shape index (κ3) is 6.06. The standard InChI is InChI=1S/C17H31NO3/c1-13(2)12-17(9-4-5-10-17)16(21)18-11-8-14(3)6-7-15(19)20/h13-14H,4-12H2,1-3H3,(H,18,21)(H,19,20). The Hall–Kier alpha value is -1.06. The third-order valence-corrected chi connectivity index (χ3v) is 4.62. The third-order valence-electron chi connectivity index (χ3n) is 4.62. The van der Waals surface area contributed by atoms with Crippen molar-refractivity contribution in [2.24, 2.45) is 17.3 Å². The summed E-state index contributed by atoms with van der Waals surface area (Å²) in [6, 6.07) is 0. The van der Waals surface area contributed by atoms with E-state index < -0.39 is 5.97 Å². The molecule has 21 heavy (non-hydrogen) atoms. The minimum Gasteiger partial charge on any atom is -0.481 e. The molecular formula is C17H31NO3. The molecule has 1 atom stereocenters. The fraction of sp³-hybridized carbons (Fsp3) is 0.882. The lowest BCUT2D eigenvalue weighted by atomic mass is 9.77. The van der Waals surface area contributed by atoms with Gasteiger partial charge in [0.1, 0.15) is 0 Å². The molecule has 0 aliphatic heterocycles. The Kier molecular flexibility index (Phi) is 7.20. The summed E-state index contributed by atoms with van der Waals surface area (Å²) in [4.78, 5) is 23.1. The van der Waals surface area contributed by atoms with Crippen LogP contribution in [0.15, 0.2) is 0 Å². The predicted molar refractivity (Wildman–Crippen MR) is 84.0 cm³/mol. The van der Waals surface area contributed by atoms with Crippen molar-refractivity contribution in [3.05, 3.63) is 0 Å². The normalized spacial score (nSPS) is 18.7. The second kappa shape index (κ2) is 8.40. The minimum atomic E-state index is -0.743. The summed E-state index contributed by atoms with van der Waals surface area (Å²) in [6.07, 6.45) is 7.10. The second-order valence-electron chi connectivity index (χ2n) is 7.17. The molecule has 1 aliphatic rings. The first kappa shape index (κ1) is 18.0. The number of aliphatic carboxylic acids is 1. The second-order valence-corrected chi connectivity index (χ2v) is 7.17. The van der Waals surface area contributed by atoms with Gasteiger partial charge in [-0.25, -0.2) is 0 Å². The molecule has 4 heteroatoms. The van der Waals surface area contributed by atoms with Crippen molar-refractivity contribution in [3.8, 4) is 0 Å². The van der Waals surface area contributed by atoms with E-state index in [1.54, 1.807) is 0 Å². The highest BCUT2D eigenvalue weighted by Crippen LogP contribution is 2.43. The van der Waals surface area contributed by atoms with Crippen molar-refractivity contribution in [3.63, 3.8) is 0 Å². The molecule has 0 bridgehead atoms. The first-order valence-electron chi connectivity index (χ1n) is 8.36. The van der Waals surface area contributed by atoms with Gasteiger partial charge in [-0.2, -0.15) is 0 Å². The molecule has 0 aromatic heterocycles. The number of carboxylic acids is 1. The maximum absolute atomic E-state index is 12.5. The van der Waals surface area contributed by atoms with Gasteiger partial charge in [0.2, 0.25) is 5.91 Å². The Balaban J connectivity index is 2.35. The van der Waals surface area contributed by atoms with E-state index in [0.717, 1.165) is 38.5 Å². The number of carbonyl (C=O) groups is 2. The van der Waals surface area contributed by atoms with E-state index in [2.05, 4.69) is 26.1 Å². The van der Waals surface area contributed by atoms with Gasteiger partial charge < -0.3 is 10.4 Å². The summed E-state index contributed by atoms with van der Waals surface area (Å²) in [5.74, 6) is 0.362. The van der Waals surface area contributed by atoms with Gasteiger partial charge in [-0.1, -0.05) is 33.6 Å². The molecule has 2 N–H and O–H groups in total. The van der Waals surface area contributed by atoms with E-state index in [9.17, 15) is 9.59 Å². The van der Waals surface area contributed by atoms with Crippen molar-refractivity contribution in [1.82, 2.24) is 5.32 Å². The van der Waals surface area contributed by atoms with Crippen molar-refractivity contribution in [1.29, 1.82) is 0 Å². The van der Waals surface area contributed by atoms with Crippen molar-refractivity contribution >= 4 is 11.9 Å². The molecule has 1 amide bonds. The van der Waals surface area contributed by atoms with E-state index >= 15 is 0 Å². The van der Waals surface area contributed by atoms with Crippen LogP contribution >= 0.6 is 0 Å². The molecule has 1 unspecified atom stereocenters. The molecule has 122 valence electrons. The summed E-state index contributed by atoms with van der Waals surface area (Å²) in [6.45, 7) is 7.08. The van der Waals surface area contributed by atoms with Gasteiger partial charge in [-0.3, -0.25) is 9.59 Å². The van der Waals surface area contributed by atoms with E-state index in [4.69, 9.17) is 5.11 Å². The summed E-state index contributed by atoms with van der Waals surface area (Å²) in [5.41, 5.74) is -0.140. The molecule has 1 fully saturated rings. The van der Waals surface area contributed by atoms with E-state index in [0.29, 0.717) is 24.8 Å². The molecular weight excluding hydrogens is 266 g/mol. The lowest BCUT2D eigenvalue weighted by molar-refractivity contribution is -0.137. The zero-order valence-corrected chi connectivity index (χ0v) is 13.8. The zero-order valence-electron chi connectivity index (χ0n) is 13.8. The van der Waals surface area contributed by atoms with Gasteiger partial charge in [-0.05, 0) is 43.9 Å². The lowest BCUT2D eigenvalue weighted by Crippen LogP contribution is -2.40. The lowest BCUT2D eigenvalue weighted by Gasteiger charge is -2.29. The highest BCUT2D eigenvalue weighted by atomic mass is 16.4. The number of carbonyl (C=O) groups excluding carboxylic acids is 1. The van der Waals surface area contributed by atoms with Crippen LogP contribution in [-0.4, -0.2) is 23.5 Å². The molecule has 1 saturated carbocycles. The van der Waals surface area contributed by atoms with Crippen LogP contribution in [0.5, 0.6) is 0 Å². The molecule has 0 heterocycles. The fourth-order valence-corrected chi connectivity index (χ4v) is 3.49. The van der Waals surface area contributed by atoms with E-state index in [-0.39, 0.29) is 17.7 Å². The molecule has 0 spiro atoms. The van der Waals surface area contributed by atoms with Crippen molar-refractivity contribution in [2.45, 2.75) is 72.1 Å². The predicted octanol–water partition coefficient (Wildman–Crippen LogP) is 3.60. The van der Waals surface area contributed by atoms with E-state index in [1.807, 2.05) is 0 Å². The Morgan fingerprint density at radius 2 is 1.76 bits per heavy atom. The average Bonchev–Trinajstić information content (AvgIpc) is 2.85. The smallest absolute Gasteiger partial charge is 0.303 e. The van der Waals surface area contributed by atoms with Crippen LogP contribution in [0.25, 0.3) is 0 Å². The Morgan fingerprint density at radius 3 is 2.29 bits per heavy atom. The quantitative estimate of drug-likeness (QED) is 0.683. The number of rotatable bonds is 9. The summed E-state index contributed by atoms with van der Waals surface area (Å²) < 4.78 is 0. The maximum atomic E-state index is 12.5. The highest BCUT2D eigenvalue weighted by Gasteiger charge is 2.40. The molecule has 4 nitrogen and oxygen atoms in total. The minimum absolute atomic E-state index is 0.140. The Morgan fingerprint density at radius 1 is 1.14 bits per heavy atom. The molecule has 1 rings (SSSR count).